The van der Waals surface area contributed by atoms with E-state index in [0.717, 1.165) is 5.56 Å². The van der Waals surface area contributed by atoms with Crippen LogP contribution in [0.4, 0.5) is 11.4 Å². The molecular formula is C16H15ClN2O3. The Morgan fingerprint density at radius 1 is 1.23 bits per heavy atom. The number of anilines is 2. The van der Waals surface area contributed by atoms with Crippen LogP contribution >= 0.6 is 11.6 Å². The normalized spacial score (nSPS) is 10.1. The van der Waals surface area contributed by atoms with Gasteiger partial charge in [0.1, 0.15) is 0 Å². The molecule has 2 aromatic carbocycles. The van der Waals surface area contributed by atoms with Crippen molar-refractivity contribution in [3.8, 4) is 0 Å². The first-order valence-corrected chi connectivity index (χ1v) is 6.89. The third-order valence-electron chi connectivity index (χ3n) is 2.98. The number of nitrogens with two attached hydrogens (primary N) is 1. The second kappa shape index (κ2) is 6.95. The Labute approximate surface area is 133 Å². The summed E-state index contributed by atoms with van der Waals surface area (Å²) in [4.78, 5) is 23.6. The van der Waals surface area contributed by atoms with Crippen molar-refractivity contribution in [1.29, 1.82) is 0 Å². The standard InChI is InChI=1S/C16H15ClN2O3/c1-22-16(21)11-5-6-13(17)14(9-11)19-15(20)8-10-3-2-4-12(18)7-10/h2-7,9H,8,18H2,1H3,(H,19,20). The molecule has 114 valence electrons. The smallest absolute Gasteiger partial charge is 0.337 e. The van der Waals surface area contributed by atoms with Gasteiger partial charge in [0.15, 0.2) is 0 Å². The minimum Gasteiger partial charge on any atom is -0.465 e. The van der Waals surface area contributed by atoms with Crippen molar-refractivity contribution in [1.82, 2.24) is 0 Å². The van der Waals surface area contributed by atoms with E-state index in [9.17, 15) is 9.59 Å². The predicted molar refractivity (Wildman–Crippen MR) is 86.0 cm³/mol. The Kier molecular flexibility index (Phi) is 5.01. The lowest BCUT2D eigenvalue weighted by Crippen LogP contribution is -2.15. The van der Waals surface area contributed by atoms with Gasteiger partial charge < -0.3 is 15.8 Å². The Hall–Kier alpha value is -2.53. The molecule has 0 saturated heterocycles. The number of esters is 1. The molecule has 6 heteroatoms. The van der Waals surface area contributed by atoms with E-state index in [1.165, 1.54) is 25.3 Å². The minimum absolute atomic E-state index is 0.157. The molecule has 0 unspecified atom stereocenters. The van der Waals surface area contributed by atoms with E-state index < -0.39 is 5.97 Å². The average molecular weight is 319 g/mol. The van der Waals surface area contributed by atoms with Crippen molar-refractivity contribution in [3.63, 3.8) is 0 Å². The third-order valence-corrected chi connectivity index (χ3v) is 3.31. The van der Waals surface area contributed by atoms with Gasteiger partial charge in [-0.15, -0.1) is 0 Å². The zero-order valence-corrected chi connectivity index (χ0v) is 12.7. The maximum Gasteiger partial charge on any atom is 0.337 e. The lowest BCUT2D eigenvalue weighted by Gasteiger charge is -2.09. The van der Waals surface area contributed by atoms with Crippen LogP contribution in [0.25, 0.3) is 0 Å². The number of nitrogens with one attached hydrogen (secondary N) is 1. The zero-order valence-electron chi connectivity index (χ0n) is 11.9. The molecule has 0 aliphatic heterocycles. The van der Waals surface area contributed by atoms with Gasteiger partial charge in [0.2, 0.25) is 5.91 Å². The van der Waals surface area contributed by atoms with Crippen LogP contribution in [0.5, 0.6) is 0 Å². The summed E-state index contributed by atoms with van der Waals surface area (Å²) < 4.78 is 4.64. The molecule has 2 aromatic rings. The van der Waals surface area contributed by atoms with Crippen LogP contribution in [0.2, 0.25) is 5.02 Å². The summed E-state index contributed by atoms with van der Waals surface area (Å²) in [6.07, 6.45) is 0.157. The summed E-state index contributed by atoms with van der Waals surface area (Å²) in [6, 6.07) is 11.6. The fourth-order valence-electron chi connectivity index (χ4n) is 1.95. The first-order chi connectivity index (χ1) is 10.5. The lowest BCUT2D eigenvalue weighted by molar-refractivity contribution is -0.115. The van der Waals surface area contributed by atoms with Crippen LogP contribution in [0.1, 0.15) is 15.9 Å². The summed E-state index contributed by atoms with van der Waals surface area (Å²) in [5.41, 5.74) is 7.73. The van der Waals surface area contributed by atoms with Crippen molar-refractivity contribution in [2.75, 3.05) is 18.2 Å². The van der Waals surface area contributed by atoms with Crippen LogP contribution in [0, 0.1) is 0 Å². The van der Waals surface area contributed by atoms with Crippen LogP contribution in [-0.2, 0) is 16.0 Å². The molecule has 0 spiro atoms. The lowest BCUT2D eigenvalue weighted by atomic mass is 10.1. The molecule has 5 nitrogen and oxygen atoms in total. The molecule has 0 radical (unpaired) electrons. The Balaban J connectivity index is 2.12. The molecule has 22 heavy (non-hydrogen) atoms. The molecule has 0 aliphatic carbocycles. The number of halogens is 1. The van der Waals surface area contributed by atoms with Crippen molar-refractivity contribution in [3.05, 3.63) is 58.6 Å². The van der Waals surface area contributed by atoms with E-state index in [0.29, 0.717) is 22.0 Å². The van der Waals surface area contributed by atoms with Gasteiger partial charge in [-0.25, -0.2) is 4.79 Å². The number of carbonyl (C=O) groups is 2. The van der Waals surface area contributed by atoms with E-state index >= 15 is 0 Å². The number of amides is 1. The van der Waals surface area contributed by atoms with Crippen molar-refractivity contribution < 1.29 is 14.3 Å². The van der Waals surface area contributed by atoms with Gasteiger partial charge in [-0.1, -0.05) is 23.7 Å². The number of benzene rings is 2. The maximum atomic E-state index is 12.1. The van der Waals surface area contributed by atoms with E-state index in [-0.39, 0.29) is 12.3 Å². The highest BCUT2D eigenvalue weighted by molar-refractivity contribution is 6.33. The number of rotatable bonds is 4. The van der Waals surface area contributed by atoms with Gasteiger partial charge in [0.25, 0.3) is 0 Å². The highest BCUT2D eigenvalue weighted by atomic mass is 35.5. The monoisotopic (exact) mass is 318 g/mol. The second-order valence-corrected chi connectivity index (χ2v) is 5.06. The second-order valence-electron chi connectivity index (χ2n) is 4.66. The van der Waals surface area contributed by atoms with Crippen molar-refractivity contribution in [2.45, 2.75) is 6.42 Å². The highest BCUT2D eigenvalue weighted by Crippen LogP contribution is 2.23. The maximum absolute atomic E-state index is 12.1. The number of ether oxygens (including phenoxy) is 1. The minimum atomic E-state index is -0.497. The SMILES string of the molecule is COC(=O)c1ccc(Cl)c(NC(=O)Cc2cccc(N)c2)c1. The van der Waals surface area contributed by atoms with Gasteiger partial charge in [-0.05, 0) is 35.9 Å². The number of carbonyl (C=O) groups excluding carboxylic acids is 2. The molecule has 0 fully saturated rings. The summed E-state index contributed by atoms with van der Waals surface area (Å²) >= 11 is 6.03. The third kappa shape index (κ3) is 3.99. The molecule has 1 amide bonds. The molecule has 0 aliphatic rings. The number of hydrogen-bond acceptors (Lipinski definition) is 4. The Morgan fingerprint density at radius 2 is 2.00 bits per heavy atom. The van der Waals surface area contributed by atoms with Crippen molar-refractivity contribution >= 4 is 34.9 Å². The fraction of sp³-hybridized carbons (Fsp3) is 0.125. The van der Waals surface area contributed by atoms with E-state index in [4.69, 9.17) is 17.3 Å². The Morgan fingerprint density at radius 3 is 2.68 bits per heavy atom. The summed E-state index contributed by atoms with van der Waals surface area (Å²) in [5, 5.41) is 3.02. The first-order valence-electron chi connectivity index (χ1n) is 6.51. The topological polar surface area (TPSA) is 81.4 Å². The highest BCUT2D eigenvalue weighted by Gasteiger charge is 2.11. The van der Waals surface area contributed by atoms with Gasteiger partial charge in [-0.2, -0.15) is 0 Å². The van der Waals surface area contributed by atoms with E-state index in [1.54, 1.807) is 18.2 Å². The van der Waals surface area contributed by atoms with Crippen LogP contribution in [-0.4, -0.2) is 19.0 Å². The molecule has 2 rings (SSSR count). The number of methoxy groups -OCH3 is 1. The van der Waals surface area contributed by atoms with Gasteiger partial charge in [0, 0.05) is 5.69 Å². The van der Waals surface area contributed by atoms with Gasteiger partial charge >= 0.3 is 5.97 Å². The molecule has 0 aromatic heterocycles. The molecule has 0 saturated carbocycles. The fourth-order valence-corrected chi connectivity index (χ4v) is 2.11. The Bertz CT molecular complexity index is 716. The van der Waals surface area contributed by atoms with Crippen LogP contribution in [0.15, 0.2) is 42.5 Å². The summed E-state index contributed by atoms with van der Waals surface area (Å²) in [6.45, 7) is 0. The summed E-state index contributed by atoms with van der Waals surface area (Å²) in [7, 11) is 1.29. The van der Waals surface area contributed by atoms with Gasteiger partial charge in [0.05, 0.1) is 29.8 Å². The molecule has 0 bridgehead atoms. The van der Waals surface area contributed by atoms with Crippen LogP contribution < -0.4 is 11.1 Å². The number of hydrogen-bond donors (Lipinski definition) is 2. The number of nitrogen functional groups attached to an aromatic ring is 1. The quantitative estimate of drug-likeness (QED) is 0.671. The van der Waals surface area contributed by atoms with Crippen LogP contribution in [0.3, 0.4) is 0 Å². The predicted octanol–water partition coefficient (Wildman–Crippen LogP) is 2.89. The van der Waals surface area contributed by atoms with E-state index in [2.05, 4.69) is 10.1 Å². The molecular weight excluding hydrogens is 304 g/mol. The van der Waals surface area contributed by atoms with Crippen molar-refractivity contribution in [2.24, 2.45) is 0 Å². The average Bonchev–Trinajstić information content (AvgIpc) is 2.48. The molecule has 0 atom stereocenters. The molecule has 0 heterocycles. The first kappa shape index (κ1) is 15.9. The largest absolute Gasteiger partial charge is 0.465 e. The van der Waals surface area contributed by atoms with E-state index in [1.807, 2.05) is 6.07 Å². The molecule has 3 N–H and O–H groups in total. The summed E-state index contributed by atoms with van der Waals surface area (Å²) in [5.74, 6) is -0.752. The zero-order chi connectivity index (χ0) is 16.1. The van der Waals surface area contributed by atoms with Gasteiger partial charge in [-0.3, -0.25) is 4.79 Å².